The second-order valence-corrected chi connectivity index (χ2v) is 6.04. The average molecular weight is 327 g/mol. The molecule has 1 N–H and O–H groups in total. The number of rotatable bonds is 8. The minimum Gasteiger partial charge on any atom is -0.374 e. The zero-order valence-corrected chi connectivity index (χ0v) is 13.9. The monoisotopic (exact) mass is 327 g/mol. The quantitative estimate of drug-likeness (QED) is 0.809. The van der Waals surface area contributed by atoms with Gasteiger partial charge in [-0.25, -0.2) is 0 Å². The van der Waals surface area contributed by atoms with Crippen molar-refractivity contribution in [2.75, 3.05) is 26.3 Å². The Balaban J connectivity index is 1.33. The van der Waals surface area contributed by atoms with Crippen LogP contribution >= 0.6 is 0 Å². The van der Waals surface area contributed by atoms with E-state index in [4.69, 9.17) is 14.2 Å². The molecule has 1 aliphatic heterocycles. The van der Waals surface area contributed by atoms with Gasteiger partial charge in [-0.15, -0.1) is 0 Å². The van der Waals surface area contributed by atoms with Crippen molar-refractivity contribution in [1.82, 2.24) is 5.32 Å². The highest BCUT2D eigenvalue weighted by Crippen LogP contribution is 2.09. The zero-order valence-electron chi connectivity index (χ0n) is 13.9. The van der Waals surface area contributed by atoms with Gasteiger partial charge in [0.15, 0.2) is 0 Å². The molecule has 1 aliphatic rings. The highest BCUT2D eigenvalue weighted by molar-refractivity contribution is 5.14. The molecule has 0 bridgehead atoms. The maximum atomic E-state index is 6.05. The first-order valence-corrected chi connectivity index (χ1v) is 8.49. The second-order valence-electron chi connectivity index (χ2n) is 6.04. The van der Waals surface area contributed by atoms with Gasteiger partial charge in [-0.2, -0.15) is 0 Å². The summed E-state index contributed by atoms with van der Waals surface area (Å²) in [7, 11) is 0. The van der Waals surface area contributed by atoms with E-state index < -0.39 is 0 Å². The molecule has 0 amide bonds. The van der Waals surface area contributed by atoms with E-state index in [9.17, 15) is 0 Å². The number of hydrogen-bond acceptors (Lipinski definition) is 4. The number of morpholine rings is 1. The molecule has 24 heavy (non-hydrogen) atoms. The van der Waals surface area contributed by atoms with E-state index in [2.05, 4.69) is 29.6 Å². The Kier molecular flexibility index (Phi) is 6.81. The molecular formula is C20H25NO3. The first-order valence-electron chi connectivity index (χ1n) is 8.49. The summed E-state index contributed by atoms with van der Waals surface area (Å²) in [6.07, 6.45) is 0.153. The molecule has 0 aliphatic carbocycles. The van der Waals surface area contributed by atoms with Gasteiger partial charge in [0, 0.05) is 13.1 Å². The van der Waals surface area contributed by atoms with Gasteiger partial charge in [-0.05, 0) is 11.1 Å². The van der Waals surface area contributed by atoms with Crippen molar-refractivity contribution in [2.45, 2.75) is 25.4 Å². The SMILES string of the molecule is c1ccc(COC[C@@H]2CNC[C@@H](COCc3ccccc3)O2)cc1. The molecule has 1 heterocycles. The van der Waals surface area contributed by atoms with Gasteiger partial charge in [0.05, 0.1) is 38.6 Å². The van der Waals surface area contributed by atoms with Crippen LogP contribution in [0.4, 0.5) is 0 Å². The van der Waals surface area contributed by atoms with E-state index in [1.807, 2.05) is 36.4 Å². The number of hydrogen-bond donors (Lipinski definition) is 1. The van der Waals surface area contributed by atoms with Crippen LogP contribution in [0.3, 0.4) is 0 Å². The summed E-state index contributed by atoms with van der Waals surface area (Å²) < 4.78 is 17.6. The standard InChI is InChI=1S/C20H25NO3/c1-3-7-17(8-4-1)13-22-15-19-11-21-12-20(24-19)16-23-14-18-9-5-2-6-10-18/h1-10,19-21H,11-16H2/t19-,20-/m0/s1. The van der Waals surface area contributed by atoms with Gasteiger partial charge in [-0.3, -0.25) is 0 Å². The normalized spacial score (nSPS) is 20.8. The molecule has 1 saturated heterocycles. The Labute approximate surface area is 143 Å². The lowest BCUT2D eigenvalue weighted by atomic mass is 10.2. The highest BCUT2D eigenvalue weighted by Gasteiger charge is 2.22. The van der Waals surface area contributed by atoms with Gasteiger partial charge in [0.2, 0.25) is 0 Å². The highest BCUT2D eigenvalue weighted by atomic mass is 16.6. The predicted molar refractivity (Wildman–Crippen MR) is 93.7 cm³/mol. The Hall–Kier alpha value is -1.72. The van der Waals surface area contributed by atoms with Crippen LogP contribution < -0.4 is 5.32 Å². The van der Waals surface area contributed by atoms with Gasteiger partial charge >= 0.3 is 0 Å². The Morgan fingerprint density at radius 2 is 1.21 bits per heavy atom. The van der Waals surface area contributed by atoms with Crippen LogP contribution in [-0.4, -0.2) is 38.5 Å². The maximum absolute atomic E-state index is 6.05. The minimum absolute atomic E-state index is 0.0767. The van der Waals surface area contributed by atoms with Crippen LogP contribution in [-0.2, 0) is 27.4 Å². The fourth-order valence-electron chi connectivity index (χ4n) is 2.74. The minimum atomic E-state index is 0.0767. The van der Waals surface area contributed by atoms with E-state index >= 15 is 0 Å². The molecule has 0 unspecified atom stereocenters. The first kappa shape index (κ1) is 17.1. The first-order chi connectivity index (χ1) is 11.9. The molecule has 0 radical (unpaired) electrons. The third-order valence-electron chi connectivity index (χ3n) is 3.96. The smallest absolute Gasteiger partial charge is 0.0938 e. The summed E-state index contributed by atoms with van der Waals surface area (Å²) in [6.45, 7) is 4.08. The van der Waals surface area contributed by atoms with Gasteiger partial charge in [-0.1, -0.05) is 60.7 Å². The number of ether oxygens (including phenoxy) is 3. The van der Waals surface area contributed by atoms with Crippen LogP contribution in [0.2, 0.25) is 0 Å². The van der Waals surface area contributed by atoms with Crippen molar-refractivity contribution < 1.29 is 14.2 Å². The molecular weight excluding hydrogens is 302 g/mol. The molecule has 1 fully saturated rings. The summed E-state index contributed by atoms with van der Waals surface area (Å²) in [4.78, 5) is 0. The van der Waals surface area contributed by atoms with Crippen molar-refractivity contribution in [3.8, 4) is 0 Å². The van der Waals surface area contributed by atoms with Crippen LogP contribution in [0.5, 0.6) is 0 Å². The topological polar surface area (TPSA) is 39.7 Å². The molecule has 0 spiro atoms. The van der Waals surface area contributed by atoms with Gasteiger partial charge in [0.1, 0.15) is 0 Å². The predicted octanol–water partition coefficient (Wildman–Crippen LogP) is 2.78. The molecule has 0 saturated carbocycles. The molecule has 2 atom stereocenters. The van der Waals surface area contributed by atoms with Crippen molar-refractivity contribution in [1.29, 1.82) is 0 Å². The Morgan fingerprint density at radius 3 is 1.67 bits per heavy atom. The fraction of sp³-hybridized carbons (Fsp3) is 0.400. The van der Waals surface area contributed by atoms with Gasteiger partial charge < -0.3 is 19.5 Å². The maximum Gasteiger partial charge on any atom is 0.0938 e. The summed E-state index contributed by atoms with van der Waals surface area (Å²) in [6, 6.07) is 20.4. The third-order valence-corrected chi connectivity index (χ3v) is 3.96. The van der Waals surface area contributed by atoms with E-state index in [-0.39, 0.29) is 12.2 Å². The molecule has 4 heteroatoms. The Bertz CT molecular complexity index is 524. The summed E-state index contributed by atoms with van der Waals surface area (Å²) in [5.74, 6) is 0. The van der Waals surface area contributed by atoms with Crippen LogP contribution in [0.1, 0.15) is 11.1 Å². The lowest BCUT2D eigenvalue weighted by Gasteiger charge is -2.30. The second kappa shape index (κ2) is 9.55. The molecule has 3 rings (SSSR count). The zero-order chi connectivity index (χ0) is 16.5. The van der Waals surface area contributed by atoms with E-state index in [1.54, 1.807) is 0 Å². The molecule has 2 aromatic rings. The summed E-state index contributed by atoms with van der Waals surface area (Å²) in [5, 5.41) is 3.40. The lowest BCUT2D eigenvalue weighted by molar-refractivity contribution is -0.105. The van der Waals surface area contributed by atoms with Crippen molar-refractivity contribution in [3.05, 3.63) is 71.8 Å². The lowest BCUT2D eigenvalue weighted by Crippen LogP contribution is -2.48. The van der Waals surface area contributed by atoms with Crippen LogP contribution in [0.15, 0.2) is 60.7 Å². The van der Waals surface area contributed by atoms with Crippen LogP contribution in [0, 0.1) is 0 Å². The molecule has 2 aromatic carbocycles. The largest absolute Gasteiger partial charge is 0.374 e. The summed E-state index contributed by atoms with van der Waals surface area (Å²) >= 11 is 0. The summed E-state index contributed by atoms with van der Waals surface area (Å²) in [5.41, 5.74) is 2.37. The molecule has 0 aromatic heterocycles. The van der Waals surface area contributed by atoms with Crippen molar-refractivity contribution in [2.24, 2.45) is 0 Å². The third kappa shape index (κ3) is 5.73. The fourth-order valence-corrected chi connectivity index (χ4v) is 2.74. The Morgan fingerprint density at radius 1 is 0.750 bits per heavy atom. The van der Waals surface area contributed by atoms with Crippen LogP contribution in [0.25, 0.3) is 0 Å². The van der Waals surface area contributed by atoms with Gasteiger partial charge in [0.25, 0.3) is 0 Å². The van der Waals surface area contributed by atoms with Crippen molar-refractivity contribution >= 4 is 0 Å². The van der Waals surface area contributed by atoms with E-state index in [1.165, 1.54) is 11.1 Å². The van der Waals surface area contributed by atoms with E-state index in [0.29, 0.717) is 26.4 Å². The molecule has 128 valence electrons. The van der Waals surface area contributed by atoms with Crippen molar-refractivity contribution in [3.63, 3.8) is 0 Å². The average Bonchev–Trinajstić information content (AvgIpc) is 2.64. The molecule has 4 nitrogen and oxygen atoms in total. The van der Waals surface area contributed by atoms with E-state index in [0.717, 1.165) is 13.1 Å². The number of benzene rings is 2. The number of nitrogens with one attached hydrogen (secondary N) is 1.